The highest BCUT2D eigenvalue weighted by Crippen LogP contribution is 2.69. The molecule has 0 aliphatic heterocycles. The van der Waals surface area contributed by atoms with Crippen LogP contribution in [0.5, 0.6) is 0 Å². The molecule has 1 aromatic rings. The molecule has 1 aliphatic carbocycles. The summed E-state index contributed by atoms with van der Waals surface area (Å²) in [4.78, 5) is 11.8. The van der Waals surface area contributed by atoms with Gasteiger partial charge in [-0.3, -0.25) is 4.79 Å². The Labute approximate surface area is 176 Å². The highest BCUT2D eigenvalue weighted by Gasteiger charge is 3.02. The monoisotopic (exact) mass is 595 g/mol. The maximum Gasteiger partial charge on any atom is 0.384 e. The normalized spacial score (nSPS) is 25.3. The van der Waals surface area contributed by atoms with Crippen molar-refractivity contribution in [2.45, 2.75) is 35.3 Å². The van der Waals surface area contributed by atoms with E-state index in [0.29, 0.717) is 0 Å². The smallest absolute Gasteiger partial charge is 0.321 e. The quantitative estimate of drug-likeness (QED) is 0.310. The maximum absolute atomic E-state index is 14.6. The molecule has 0 unspecified atom stereocenters. The summed E-state index contributed by atoms with van der Waals surface area (Å²) in [6.07, 6.45) is 0. The van der Waals surface area contributed by atoms with E-state index in [0.717, 1.165) is 17.4 Å². The first kappa shape index (κ1) is 24.5. The van der Waals surface area contributed by atoms with E-state index in [1.165, 1.54) is 22.6 Å². The Bertz CT molecular complexity index is 823. The maximum atomic E-state index is 14.6. The number of anilines is 1. The molecule has 1 aromatic carbocycles. The molecular formula is C13H3Cl2F11INO. The van der Waals surface area contributed by atoms with E-state index in [1.807, 2.05) is 0 Å². The molecule has 0 atom stereocenters. The summed E-state index contributed by atoms with van der Waals surface area (Å²) in [5, 5.41) is 0.0609. The van der Waals surface area contributed by atoms with Crippen molar-refractivity contribution in [3.05, 3.63) is 25.7 Å². The Morgan fingerprint density at radius 3 is 1.52 bits per heavy atom. The topological polar surface area (TPSA) is 29.1 Å². The SMILES string of the molecule is O=C(Nc1c(Cl)cc(Cl)cc1I)C1(F)C(F)(F)C(F)(F)C(F)(F)C(F)(F)C1(F)F. The first-order valence-corrected chi connectivity index (χ1v) is 8.59. The van der Waals surface area contributed by atoms with Crippen LogP contribution >= 0.6 is 45.8 Å². The first-order chi connectivity index (χ1) is 12.7. The van der Waals surface area contributed by atoms with Crippen molar-refractivity contribution in [2.75, 3.05) is 5.32 Å². The molecule has 29 heavy (non-hydrogen) atoms. The summed E-state index contributed by atoms with van der Waals surface area (Å²) < 4.78 is 150. The predicted octanol–water partition coefficient (Wildman–Crippen LogP) is 6.43. The van der Waals surface area contributed by atoms with Gasteiger partial charge in [0.15, 0.2) is 0 Å². The van der Waals surface area contributed by atoms with Gasteiger partial charge in [-0.2, -0.15) is 43.9 Å². The second-order valence-electron chi connectivity index (χ2n) is 5.73. The Morgan fingerprint density at radius 1 is 0.759 bits per heavy atom. The van der Waals surface area contributed by atoms with Crippen molar-refractivity contribution < 1.29 is 53.1 Å². The van der Waals surface area contributed by atoms with Crippen LogP contribution in [0.3, 0.4) is 0 Å². The lowest BCUT2D eigenvalue weighted by molar-refractivity contribution is -0.475. The van der Waals surface area contributed by atoms with E-state index in [-0.39, 0.29) is 8.59 Å². The molecule has 0 aromatic heterocycles. The lowest BCUT2D eigenvalue weighted by Crippen LogP contribution is -2.86. The van der Waals surface area contributed by atoms with Gasteiger partial charge in [0, 0.05) is 8.59 Å². The van der Waals surface area contributed by atoms with Gasteiger partial charge in [0.25, 0.3) is 5.91 Å². The number of halogens is 14. The highest BCUT2D eigenvalue weighted by molar-refractivity contribution is 14.1. The van der Waals surface area contributed by atoms with Gasteiger partial charge in [0.2, 0.25) is 0 Å². The van der Waals surface area contributed by atoms with Crippen molar-refractivity contribution in [1.82, 2.24) is 0 Å². The largest absolute Gasteiger partial charge is 0.384 e. The molecule has 1 aliphatic rings. The fourth-order valence-corrected chi connectivity index (χ4v) is 4.01. The number of carbonyl (C=O) groups is 1. The average Bonchev–Trinajstić information content (AvgIpc) is 2.55. The van der Waals surface area contributed by atoms with Crippen molar-refractivity contribution in [3.63, 3.8) is 0 Å². The van der Waals surface area contributed by atoms with Crippen LogP contribution < -0.4 is 5.32 Å². The predicted molar refractivity (Wildman–Crippen MR) is 86.4 cm³/mol. The molecule has 1 fully saturated rings. The average molecular weight is 596 g/mol. The Kier molecular flexibility index (Phi) is 5.59. The minimum Gasteiger partial charge on any atom is -0.321 e. The number of nitrogens with one attached hydrogen (secondary N) is 1. The van der Waals surface area contributed by atoms with Gasteiger partial charge < -0.3 is 5.32 Å². The van der Waals surface area contributed by atoms with Crippen LogP contribution in [-0.4, -0.2) is 41.2 Å². The molecule has 0 heterocycles. The number of alkyl halides is 11. The van der Waals surface area contributed by atoms with E-state index in [4.69, 9.17) is 23.2 Å². The second kappa shape index (κ2) is 6.61. The van der Waals surface area contributed by atoms with Crippen molar-refractivity contribution in [3.8, 4) is 0 Å². The summed E-state index contributed by atoms with van der Waals surface area (Å²) in [5.74, 6) is -40.2. The lowest BCUT2D eigenvalue weighted by atomic mass is 9.71. The minimum absolute atomic E-state index is 0.168. The highest BCUT2D eigenvalue weighted by atomic mass is 127. The van der Waals surface area contributed by atoms with E-state index in [9.17, 15) is 53.1 Å². The molecule has 2 rings (SSSR count). The van der Waals surface area contributed by atoms with Crippen LogP contribution in [0.1, 0.15) is 0 Å². The molecule has 2 nitrogen and oxygen atoms in total. The third kappa shape index (κ3) is 2.76. The lowest BCUT2D eigenvalue weighted by Gasteiger charge is -2.51. The Balaban J connectivity index is 2.73. The fourth-order valence-electron chi connectivity index (χ4n) is 2.37. The van der Waals surface area contributed by atoms with Crippen molar-refractivity contribution >= 4 is 57.4 Å². The van der Waals surface area contributed by atoms with Gasteiger partial charge in [-0.25, -0.2) is 4.39 Å². The van der Waals surface area contributed by atoms with E-state index in [2.05, 4.69) is 0 Å². The van der Waals surface area contributed by atoms with Crippen LogP contribution in [0.15, 0.2) is 12.1 Å². The van der Waals surface area contributed by atoms with E-state index in [1.54, 1.807) is 0 Å². The molecular weight excluding hydrogens is 593 g/mol. The third-order valence-electron chi connectivity index (χ3n) is 4.00. The van der Waals surface area contributed by atoms with Crippen LogP contribution in [0, 0.1) is 3.57 Å². The molecule has 0 spiro atoms. The van der Waals surface area contributed by atoms with Crippen molar-refractivity contribution in [1.29, 1.82) is 0 Å². The fraction of sp³-hybridized carbons (Fsp3) is 0.462. The molecule has 164 valence electrons. The third-order valence-corrected chi connectivity index (χ3v) is 5.37. The summed E-state index contributed by atoms with van der Waals surface area (Å²) in [6, 6.07) is 1.67. The molecule has 0 saturated heterocycles. The van der Waals surface area contributed by atoms with Crippen molar-refractivity contribution in [2.24, 2.45) is 0 Å². The Hall–Kier alpha value is -0.770. The van der Waals surface area contributed by atoms with E-state index < -0.39 is 51.9 Å². The van der Waals surface area contributed by atoms with Gasteiger partial charge in [0.1, 0.15) is 0 Å². The number of rotatable bonds is 2. The summed E-state index contributed by atoms with van der Waals surface area (Å²) in [5.41, 5.74) is -7.75. The van der Waals surface area contributed by atoms with Crippen LogP contribution in [0.25, 0.3) is 0 Å². The summed E-state index contributed by atoms with van der Waals surface area (Å²) in [6.45, 7) is 0. The zero-order valence-electron chi connectivity index (χ0n) is 12.9. The standard InChI is InChI=1S/C13H3Cl2F11INO/c14-3-1-4(15)6(5(27)2-3)28-7(29)8(16)9(17,18)11(21,22)13(25,26)12(23,24)10(8,19)20/h1-2H,(H,28,29). The van der Waals surface area contributed by atoms with Gasteiger partial charge in [0.05, 0.1) is 10.7 Å². The van der Waals surface area contributed by atoms with Gasteiger partial charge in [-0.05, 0) is 34.7 Å². The molecule has 0 bridgehead atoms. The second-order valence-corrected chi connectivity index (χ2v) is 7.73. The number of hydrogen-bond donors (Lipinski definition) is 1. The molecule has 1 amide bonds. The molecule has 16 heteroatoms. The zero-order chi connectivity index (χ0) is 23.0. The van der Waals surface area contributed by atoms with Crippen LogP contribution in [0.4, 0.5) is 54.0 Å². The van der Waals surface area contributed by atoms with Gasteiger partial charge in [-0.1, -0.05) is 23.2 Å². The summed E-state index contributed by atoms with van der Waals surface area (Å²) >= 11 is 12.3. The molecule has 1 N–H and O–H groups in total. The number of amides is 1. The Morgan fingerprint density at radius 2 is 1.14 bits per heavy atom. The molecule has 1 saturated carbocycles. The number of hydrogen-bond acceptors (Lipinski definition) is 1. The number of benzene rings is 1. The van der Waals surface area contributed by atoms with Gasteiger partial charge in [-0.15, -0.1) is 0 Å². The minimum atomic E-state index is -7.41. The van der Waals surface area contributed by atoms with Gasteiger partial charge >= 0.3 is 35.3 Å². The zero-order valence-corrected chi connectivity index (χ0v) is 16.5. The van der Waals surface area contributed by atoms with Crippen LogP contribution in [0.2, 0.25) is 10.0 Å². The number of carbonyl (C=O) groups excluding carboxylic acids is 1. The van der Waals surface area contributed by atoms with E-state index >= 15 is 0 Å². The first-order valence-electron chi connectivity index (χ1n) is 6.75. The molecule has 0 radical (unpaired) electrons. The summed E-state index contributed by atoms with van der Waals surface area (Å²) in [7, 11) is 0. The van der Waals surface area contributed by atoms with Crippen LogP contribution in [-0.2, 0) is 4.79 Å².